The maximum absolute atomic E-state index is 9.18. The first kappa shape index (κ1) is 25.5. The Kier molecular flexibility index (Phi) is 12.2. The van der Waals surface area contributed by atoms with Crippen LogP contribution in [0.2, 0.25) is 51.9 Å². The highest BCUT2D eigenvalue weighted by molar-refractivity contribution is 6.87. The van der Waals surface area contributed by atoms with Gasteiger partial charge in [0.2, 0.25) is 0 Å². The van der Waals surface area contributed by atoms with Crippen molar-refractivity contribution in [2.45, 2.75) is 90.1 Å². The number of aliphatic hydroxyl groups is 2. The maximum Gasteiger partial charge on any atom is 0.314 e. The van der Waals surface area contributed by atoms with Gasteiger partial charge in [0.05, 0.1) is 13.2 Å². The average Bonchev–Trinajstić information content (AvgIpc) is 2.40. The van der Waals surface area contributed by atoms with Crippen molar-refractivity contribution in [2.24, 2.45) is 0 Å². The molecule has 0 aliphatic carbocycles. The van der Waals surface area contributed by atoms with Gasteiger partial charge in [-0.2, -0.15) is 0 Å². The molecule has 0 spiro atoms. The van der Waals surface area contributed by atoms with Crippen molar-refractivity contribution in [3.05, 3.63) is 0 Å². The molecule has 0 saturated carbocycles. The highest BCUT2D eigenvalue weighted by atomic mass is 28.5. The van der Waals surface area contributed by atoms with Crippen LogP contribution in [0.3, 0.4) is 0 Å². The molecule has 25 heavy (non-hydrogen) atoms. The Balaban J connectivity index is 3.99. The van der Waals surface area contributed by atoms with Crippen LogP contribution in [0.5, 0.6) is 0 Å². The normalized spacial score (nSPS) is 14.8. The molecule has 152 valence electrons. The predicted octanol–water partition coefficient (Wildman–Crippen LogP) is 4.08. The van der Waals surface area contributed by atoms with Crippen LogP contribution in [0.1, 0.15) is 32.1 Å². The van der Waals surface area contributed by atoms with Crippen molar-refractivity contribution >= 4 is 25.2 Å². The van der Waals surface area contributed by atoms with Crippen molar-refractivity contribution in [1.82, 2.24) is 0 Å². The Labute approximate surface area is 158 Å². The third-order valence-electron chi connectivity index (χ3n) is 3.48. The van der Waals surface area contributed by atoms with Gasteiger partial charge in [0.1, 0.15) is 6.10 Å². The van der Waals surface area contributed by atoms with E-state index in [-0.39, 0.29) is 13.2 Å². The van der Waals surface area contributed by atoms with E-state index in [2.05, 4.69) is 45.8 Å². The van der Waals surface area contributed by atoms with E-state index in [0.717, 1.165) is 18.9 Å². The lowest BCUT2D eigenvalue weighted by Crippen LogP contribution is -2.52. The third kappa shape index (κ3) is 16.4. The predicted molar refractivity (Wildman–Crippen MR) is 112 cm³/mol. The fourth-order valence-electron chi connectivity index (χ4n) is 2.87. The van der Waals surface area contributed by atoms with Gasteiger partial charge in [-0.25, -0.2) is 0 Å². The molecule has 1 unspecified atom stereocenters. The average molecular weight is 411 g/mol. The standard InChI is InChI=1S/C17H42O5Si3/c1-23(2,3)21-25(7,22-24(4,5)6)14-12-10-8-9-11-13-20-16-17(19)15-18/h17-19H,8-16H2,1-7H3. The second-order valence-electron chi connectivity index (χ2n) is 8.99. The molecule has 0 fully saturated rings. The van der Waals surface area contributed by atoms with Gasteiger partial charge in [-0.05, 0) is 58.3 Å². The van der Waals surface area contributed by atoms with Gasteiger partial charge >= 0.3 is 8.56 Å². The molecule has 0 saturated heterocycles. The fourth-order valence-corrected chi connectivity index (χ4v) is 15.5. The molecular formula is C17H42O5Si3. The molecule has 0 aliphatic rings. The van der Waals surface area contributed by atoms with E-state index >= 15 is 0 Å². The minimum Gasteiger partial charge on any atom is -0.437 e. The van der Waals surface area contributed by atoms with Gasteiger partial charge in [-0.1, -0.05) is 25.7 Å². The Morgan fingerprint density at radius 3 is 1.72 bits per heavy atom. The van der Waals surface area contributed by atoms with E-state index in [0.29, 0.717) is 6.61 Å². The summed E-state index contributed by atoms with van der Waals surface area (Å²) in [6.07, 6.45) is 4.95. The molecule has 5 nitrogen and oxygen atoms in total. The Morgan fingerprint density at radius 2 is 1.24 bits per heavy atom. The molecule has 0 aromatic carbocycles. The van der Waals surface area contributed by atoms with Crippen molar-refractivity contribution in [2.75, 3.05) is 19.8 Å². The quantitative estimate of drug-likeness (QED) is 0.314. The lowest BCUT2D eigenvalue weighted by Gasteiger charge is -2.38. The van der Waals surface area contributed by atoms with Crippen molar-refractivity contribution in [3.8, 4) is 0 Å². The molecule has 0 rings (SSSR count). The van der Waals surface area contributed by atoms with Crippen LogP contribution < -0.4 is 0 Å². The van der Waals surface area contributed by atoms with Crippen LogP contribution in [-0.4, -0.2) is 61.3 Å². The van der Waals surface area contributed by atoms with E-state index in [1.165, 1.54) is 19.3 Å². The Morgan fingerprint density at radius 1 is 0.760 bits per heavy atom. The summed E-state index contributed by atoms with van der Waals surface area (Å²) in [5.74, 6) is 0. The van der Waals surface area contributed by atoms with Crippen molar-refractivity contribution in [1.29, 1.82) is 0 Å². The molecule has 0 heterocycles. The molecule has 0 aliphatic heterocycles. The zero-order valence-electron chi connectivity index (χ0n) is 17.6. The summed E-state index contributed by atoms with van der Waals surface area (Å²) in [5, 5.41) is 17.9. The summed E-state index contributed by atoms with van der Waals surface area (Å²) in [7, 11) is -5.25. The first-order valence-corrected chi connectivity index (χ1v) is 19.0. The topological polar surface area (TPSA) is 68.2 Å². The van der Waals surface area contributed by atoms with Crippen LogP contribution in [0.25, 0.3) is 0 Å². The molecule has 2 N–H and O–H groups in total. The summed E-state index contributed by atoms with van der Waals surface area (Å²) >= 11 is 0. The number of hydrogen-bond acceptors (Lipinski definition) is 5. The summed E-state index contributed by atoms with van der Waals surface area (Å²) in [5.41, 5.74) is 0. The highest BCUT2D eigenvalue weighted by Crippen LogP contribution is 2.26. The zero-order chi connectivity index (χ0) is 19.6. The highest BCUT2D eigenvalue weighted by Gasteiger charge is 2.39. The van der Waals surface area contributed by atoms with Crippen molar-refractivity contribution in [3.63, 3.8) is 0 Å². The lowest BCUT2D eigenvalue weighted by atomic mass is 10.2. The van der Waals surface area contributed by atoms with Crippen LogP contribution in [0.15, 0.2) is 0 Å². The van der Waals surface area contributed by atoms with Gasteiger partial charge in [0, 0.05) is 6.61 Å². The van der Waals surface area contributed by atoms with E-state index < -0.39 is 31.3 Å². The summed E-state index contributed by atoms with van der Waals surface area (Å²) in [6, 6.07) is 1.08. The first-order chi connectivity index (χ1) is 11.4. The molecule has 1 atom stereocenters. The SMILES string of the molecule is C[Si](C)(C)O[Si](C)(CCCCCCCOCC(O)CO)O[Si](C)(C)C. The number of rotatable bonds is 15. The second-order valence-corrected chi connectivity index (χ2v) is 21.8. The molecule has 0 radical (unpaired) electrons. The Bertz CT molecular complexity index is 326. The molecule has 0 amide bonds. The van der Waals surface area contributed by atoms with E-state index in [9.17, 15) is 5.11 Å². The van der Waals surface area contributed by atoms with Gasteiger partial charge in [-0.15, -0.1) is 0 Å². The largest absolute Gasteiger partial charge is 0.437 e. The number of unbranched alkanes of at least 4 members (excludes halogenated alkanes) is 4. The van der Waals surface area contributed by atoms with Gasteiger partial charge in [0.25, 0.3) is 0 Å². The van der Waals surface area contributed by atoms with E-state index in [4.69, 9.17) is 18.1 Å². The lowest BCUT2D eigenvalue weighted by molar-refractivity contribution is 0.00526. The van der Waals surface area contributed by atoms with Crippen LogP contribution in [0, 0.1) is 0 Å². The van der Waals surface area contributed by atoms with E-state index in [1.807, 2.05) is 0 Å². The minimum atomic E-state index is -2.07. The fraction of sp³-hybridized carbons (Fsp3) is 1.00. The van der Waals surface area contributed by atoms with Gasteiger partial charge < -0.3 is 23.2 Å². The summed E-state index contributed by atoms with van der Waals surface area (Å²) < 4.78 is 18.4. The van der Waals surface area contributed by atoms with Crippen molar-refractivity contribution < 1.29 is 23.2 Å². The van der Waals surface area contributed by atoms with Crippen LogP contribution >= 0.6 is 0 Å². The van der Waals surface area contributed by atoms with Gasteiger partial charge in [-0.3, -0.25) is 0 Å². The maximum atomic E-state index is 9.18. The van der Waals surface area contributed by atoms with Crippen LogP contribution in [0.4, 0.5) is 0 Å². The molecule has 0 aromatic rings. The molecule has 0 bridgehead atoms. The minimum absolute atomic E-state index is 0.225. The van der Waals surface area contributed by atoms with Gasteiger partial charge in [0.15, 0.2) is 16.6 Å². The first-order valence-electron chi connectivity index (χ1n) is 9.64. The smallest absolute Gasteiger partial charge is 0.314 e. The van der Waals surface area contributed by atoms with Crippen LogP contribution in [-0.2, 0) is 13.0 Å². The summed E-state index contributed by atoms with van der Waals surface area (Å²) in [4.78, 5) is 0. The number of ether oxygens (including phenoxy) is 1. The third-order valence-corrected chi connectivity index (χ3v) is 13.1. The molecule has 8 heteroatoms. The molecular weight excluding hydrogens is 368 g/mol. The monoisotopic (exact) mass is 410 g/mol. The number of aliphatic hydroxyl groups excluding tert-OH is 2. The zero-order valence-corrected chi connectivity index (χ0v) is 20.6. The summed E-state index contributed by atoms with van der Waals surface area (Å²) in [6.45, 7) is 16.4. The second kappa shape index (κ2) is 12.0. The number of hydrogen-bond donors (Lipinski definition) is 2. The Hall–Kier alpha value is 0.451. The molecule has 0 aromatic heterocycles. The van der Waals surface area contributed by atoms with E-state index in [1.54, 1.807) is 0 Å².